The number of benzene rings is 1. The van der Waals surface area contributed by atoms with E-state index in [-0.39, 0.29) is 16.6 Å². The molecule has 2 N–H and O–H groups in total. The highest BCUT2D eigenvalue weighted by Gasteiger charge is 2.08. The van der Waals surface area contributed by atoms with Crippen LogP contribution in [0.25, 0.3) is 0 Å². The lowest BCUT2D eigenvalue weighted by Gasteiger charge is -2.03. The maximum absolute atomic E-state index is 11.1. The summed E-state index contributed by atoms with van der Waals surface area (Å²) >= 11 is 1.28. The van der Waals surface area contributed by atoms with Crippen molar-refractivity contribution in [3.8, 4) is 0 Å². The van der Waals surface area contributed by atoms with E-state index in [4.69, 9.17) is 9.88 Å². The molecule has 0 radical (unpaired) electrons. The summed E-state index contributed by atoms with van der Waals surface area (Å²) in [4.78, 5) is 11.9. The number of primary sulfonamides is 1. The topological polar surface area (TPSA) is 86.5 Å². The number of hydrogen-bond donors (Lipinski definition) is 1. The van der Waals surface area contributed by atoms with Crippen LogP contribution in [0.4, 0.5) is 0 Å². The average molecular weight is 275 g/mol. The highest BCUT2D eigenvalue weighted by molar-refractivity contribution is 8.00. The predicted molar refractivity (Wildman–Crippen MR) is 65.2 cm³/mol. The standard InChI is InChI=1S/C10H13NO4S2/c1-2-15-10(12)7-16-8-3-5-9(6-4-8)17(11,13)14/h3-6H,2,7H2,1H3,(H2,11,13,14). The number of nitrogens with two attached hydrogens (primary N) is 1. The van der Waals surface area contributed by atoms with Gasteiger partial charge in [0.2, 0.25) is 10.0 Å². The third-order valence-corrected chi connectivity index (χ3v) is 3.73. The van der Waals surface area contributed by atoms with Gasteiger partial charge < -0.3 is 4.74 Å². The molecule has 0 aliphatic carbocycles. The molecule has 1 aromatic rings. The summed E-state index contributed by atoms with van der Waals surface area (Å²) in [5.41, 5.74) is 0. The van der Waals surface area contributed by atoms with Crippen molar-refractivity contribution in [3.63, 3.8) is 0 Å². The quantitative estimate of drug-likeness (QED) is 0.639. The lowest BCUT2D eigenvalue weighted by molar-refractivity contribution is -0.139. The molecule has 0 aliphatic rings. The Morgan fingerprint density at radius 2 is 1.94 bits per heavy atom. The lowest BCUT2D eigenvalue weighted by Crippen LogP contribution is -2.11. The Bertz CT molecular complexity index is 482. The molecule has 0 saturated carbocycles. The normalized spacial score (nSPS) is 11.2. The third kappa shape index (κ3) is 4.76. The maximum atomic E-state index is 11.1. The Balaban J connectivity index is 2.60. The molecule has 0 saturated heterocycles. The number of esters is 1. The number of sulfonamides is 1. The summed E-state index contributed by atoms with van der Waals surface area (Å²) < 4.78 is 26.8. The number of hydrogen-bond acceptors (Lipinski definition) is 5. The van der Waals surface area contributed by atoms with Gasteiger partial charge in [0.15, 0.2) is 0 Å². The highest BCUT2D eigenvalue weighted by Crippen LogP contribution is 2.19. The first-order valence-electron chi connectivity index (χ1n) is 4.84. The predicted octanol–water partition coefficient (Wildman–Crippen LogP) is 0.989. The van der Waals surface area contributed by atoms with Gasteiger partial charge in [-0.2, -0.15) is 0 Å². The molecule has 0 unspecified atom stereocenters. The van der Waals surface area contributed by atoms with Crippen molar-refractivity contribution in [3.05, 3.63) is 24.3 Å². The van der Waals surface area contributed by atoms with Crippen molar-refractivity contribution in [2.24, 2.45) is 5.14 Å². The fourth-order valence-corrected chi connectivity index (χ4v) is 2.28. The van der Waals surface area contributed by atoms with Crippen LogP contribution in [0.15, 0.2) is 34.1 Å². The second kappa shape index (κ2) is 6.04. The Hall–Kier alpha value is -1.05. The van der Waals surface area contributed by atoms with E-state index in [1.807, 2.05) is 0 Å². The fraction of sp³-hybridized carbons (Fsp3) is 0.300. The molecule has 1 aromatic carbocycles. The molecule has 1 rings (SSSR count). The van der Waals surface area contributed by atoms with Crippen molar-refractivity contribution in [1.29, 1.82) is 0 Å². The van der Waals surface area contributed by atoms with Gasteiger partial charge in [-0.25, -0.2) is 13.6 Å². The summed E-state index contributed by atoms with van der Waals surface area (Å²) in [6, 6.07) is 6.01. The molecule has 0 amide bonds. The molecule has 0 bridgehead atoms. The Morgan fingerprint density at radius 3 is 2.41 bits per heavy atom. The van der Waals surface area contributed by atoms with Crippen molar-refractivity contribution < 1.29 is 17.9 Å². The van der Waals surface area contributed by atoms with E-state index in [0.717, 1.165) is 4.90 Å². The highest BCUT2D eigenvalue weighted by atomic mass is 32.2. The molecular weight excluding hydrogens is 262 g/mol. The Morgan fingerprint density at radius 1 is 1.35 bits per heavy atom. The number of rotatable bonds is 5. The summed E-state index contributed by atoms with van der Waals surface area (Å²) in [6.45, 7) is 2.09. The molecular formula is C10H13NO4S2. The largest absolute Gasteiger partial charge is 0.465 e. The zero-order valence-electron chi connectivity index (χ0n) is 9.25. The van der Waals surface area contributed by atoms with Crippen molar-refractivity contribution in [2.75, 3.05) is 12.4 Å². The zero-order chi connectivity index (χ0) is 12.9. The molecule has 5 nitrogen and oxygen atoms in total. The van der Waals surface area contributed by atoms with E-state index >= 15 is 0 Å². The van der Waals surface area contributed by atoms with Crippen molar-refractivity contribution in [2.45, 2.75) is 16.7 Å². The summed E-state index contributed by atoms with van der Waals surface area (Å²) in [5, 5.41) is 4.96. The molecule has 0 fully saturated rings. The third-order valence-electron chi connectivity index (χ3n) is 1.81. The van der Waals surface area contributed by atoms with Gasteiger partial charge in [0.05, 0.1) is 17.3 Å². The lowest BCUT2D eigenvalue weighted by atomic mass is 10.4. The smallest absolute Gasteiger partial charge is 0.316 e. The second-order valence-electron chi connectivity index (χ2n) is 3.11. The molecule has 94 valence electrons. The monoisotopic (exact) mass is 275 g/mol. The van der Waals surface area contributed by atoms with Crippen molar-refractivity contribution >= 4 is 27.8 Å². The van der Waals surface area contributed by atoms with Gasteiger partial charge in [-0.3, -0.25) is 4.79 Å². The van der Waals surface area contributed by atoms with Crippen LogP contribution < -0.4 is 5.14 Å². The van der Waals surface area contributed by atoms with Crippen LogP contribution >= 0.6 is 11.8 Å². The molecule has 7 heteroatoms. The van der Waals surface area contributed by atoms with Crippen LogP contribution in [0.2, 0.25) is 0 Å². The van der Waals surface area contributed by atoms with Gasteiger partial charge in [0.1, 0.15) is 0 Å². The van der Waals surface area contributed by atoms with Crippen LogP contribution in [-0.4, -0.2) is 26.7 Å². The summed E-state index contributed by atoms with van der Waals surface area (Å²) in [6.07, 6.45) is 0. The molecule has 0 aromatic heterocycles. The van der Waals surface area contributed by atoms with E-state index in [1.165, 1.54) is 23.9 Å². The van der Waals surface area contributed by atoms with E-state index in [0.29, 0.717) is 6.61 Å². The number of thioether (sulfide) groups is 1. The van der Waals surface area contributed by atoms with E-state index in [1.54, 1.807) is 19.1 Å². The van der Waals surface area contributed by atoms with Gasteiger partial charge in [0.25, 0.3) is 0 Å². The van der Waals surface area contributed by atoms with E-state index < -0.39 is 10.0 Å². The Kier molecular flexibility index (Phi) is 4.98. The number of carbonyl (C=O) groups excluding carboxylic acids is 1. The number of ether oxygens (including phenoxy) is 1. The summed E-state index contributed by atoms with van der Waals surface area (Å²) in [7, 11) is -3.66. The first-order chi connectivity index (χ1) is 7.93. The zero-order valence-corrected chi connectivity index (χ0v) is 10.9. The van der Waals surface area contributed by atoms with Crippen LogP contribution in [0.5, 0.6) is 0 Å². The minimum absolute atomic E-state index is 0.0537. The molecule has 0 heterocycles. The van der Waals surface area contributed by atoms with Crippen molar-refractivity contribution in [1.82, 2.24) is 0 Å². The van der Waals surface area contributed by atoms with E-state index in [2.05, 4.69) is 0 Å². The minimum atomic E-state index is -3.66. The number of carbonyl (C=O) groups is 1. The first kappa shape index (κ1) is 14.0. The minimum Gasteiger partial charge on any atom is -0.465 e. The maximum Gasteiger partial charge on any atom is 0.316 e. The average Bonchev–Trinajstić information content (AvgIpc) is 2.26. The van der Waals surface area contributed by atoms with Crippen LogP contribution in [0, 0.1) is 0 Å². The first-order valence-corrected chi connectivity index (χ1v) is 7.38. The second-order valence-corrected chi connectivity index (χ2v) is 5.72. The van der Waals surface area contributed by atoms with Crippen LogP contribution in [-0.2, 0) is 19.6 Å². The van der Waals surface area contributed by atoms with Crippen LogP contribution in [0.3, 0.4) is 0 Å². The summed E-state index contributed by atoms with van der Waals surface area (Å²) in [5.74, 6) is -0.101. The van der Waals surface area contributed by atoms with Gasteiger partial charge in [-0.15, -0.1) is 11.8 Å². The molecule has 0 spiro atoms. The molecule has 0 aliphatic heterocycles. The SMILES string of the molecule is CCOC(=O)CSc1ccc(S(N)(=O)=O)cc1. The molecule has 0 atom stereocenters. The van der Waals surface area contributed by atoms with Gasteiger partial charge >= 0.3 is 5.97 Å². The van der Waals surface area contributed by atoms with Gasteiger partial charge in [0, 0.05) is 4.90 Å². The Labute approximate surface area is 104 Å². The van der Waals surface area contributed by atoms with Gasteiger partial charge in [-0.05, 0) is 31.2 Å². The van der Waals surface area contributed by atoms with E-state index in [9.17, 15) is 13.2 Å². The fourth-order valence-electron chi connectivity index (χ4n) is 1.07. The van der Waals surface area contributed by atoms with Crippen LogP contribution in [0.1, 0.15) is 6.92 Å². The van der Waals surface area contributed by atoms with Gasteiger partial charge in [-0.1, -0.05) is 0 Å². The molecule has 17 heavy (non-hydrogen) atoms.